The summed E-state index contributed by atoms with van der Waals surface area (Å²) in [5, 5.41) is 13.1. The van der Waals surface area contributed by atoms with E-state index in [2.05, 4.69) is 10.1 Å². The summed E-state index contributed by atoms with van der Waals surface area (Å²) in [6.07, 6.45) is -4.46. The number of nitrogens with zero attached hydrogens (tertiary/aromatic N) is 1. The minimum Gasteiger partial charge on any atom is -0.462 e. The third kappa shape index (κ3) is 6.67. The second-order valence-electron chi connectivity index (χ2n) is 8.74. The second kappa shape index (κ2) is 11.3. The van der Waals surface area contributed by atoms with Crippen LogP contribution in [0.5, 0.6) is 5.75 Å². The first-order valence-corrected chi connectivity index (χ1v) is 13.1. The minimum absolute atomic E-state index is 0.145. The molecule has 1 aromatic heterocycles. The fraction of sp³-hybridized carbons (Fsp3) is 0.500. The number of nitrogens with one attached hydrogen (secondary N) is 2. The van der Waals surface area contributed by atoms with E-state index in [-0.39, 0.29) is 10.4 Å². The third-order valence-corrected chi connectivity index (χ3v) is 7.12. The lowest BCUT2D eigenvalue weighted by molar-refractivity contribution is -0.149. The fourth-order valence-corrected chi connectivity index (χ4v) is 5.14. The summed E-state index contributed by atoms with van der Waals surface area (Å²) in [6, 6.07) is 8.32. The molecule has 0 bridgehead atoms. The summed E-state index contributed by atoms with van der Waals surface area (Å²) >= 11 is 4.89. The van der Waals surface area contributed by atoms with Crippen molar-refractivity contribution in [1.29, 1.82) is 0 Å². The highest BCUT2D eigenvalue weighted by atomic mass is 32.1. The number of aromatic nitrogens is 2. The van der Waals surface area contributed by atoms with Crippen molar-refractivity contribution < 1.29 is 37.4 Å². The number of aromatic amines is 1. The van der Waals surface area contributed by atoms with Gasteiger partial charge in [0, 0.05) is 6.20 Å². The van der Waals surface area contributed by atoms with E-state index in [1.54, 1.807) is 32.0 Å². The predicted molar refractivity (Wildman–Crippen MR) is 130 cm³/mol. The van der Waals surface area contributed by atoms with Crippen LogP contribution >= 0.6 is 20.0 Å². The van der Waals surface area contributed by atoms with Gasteiger partial charge in [-0.25, -0.2) is 13.8 Å². The number of carbonyl (C=O) groups excluding carboxylic acids is 1. The zero-order valence-corrected chi connectivity index (χ0v) is 21.8. The number of para-hydroxylation sites is 1. The van der Waals surface area contributed by atoms with Gasteiger partial charge in [0.05, 0.1) is 12.7 Å². The zero-order valence-electron chi connectivity index (χ0n) is 20.1. The summed E-state index contributed by atoms with van der Waals surface area (Å²) in [6.45, 7) is 5.46. The molecule has 6 atom stereocenters. The molecule has 0 saturated carbocycles. The highest BCUT2D eigenvalue weighted by Gasteiger charge is 2.54. The van der Waals surface area contributed by atoms with Crippen LogP contribution in [0, 0.1) is 4.64 Å². The SMILES string of the molecule is CC(C)OC(=O)[C@H](C)NP(=O)(OC[C@@]1(C)O[C@@H](n2ccc(=S)[nH]c2=O)C(F)[C@H]1O)Oc1ccccc1. The van der Waals surface area contributed by atoms with Crippen LogP contribution in [-0.4, -0.2) is 57.3 Å². The van der Waals surface area contributed by atoms with Crippen molar-refractivity contribution in [2.24, 2.45) is 0 Å². The van der Waals surface area contributed by atoms with E-state index in [1.807, 2.05) is 0 Å². The number of carbonyl (C=O) groups is 1. The number of ether oxygens (including phenoxy) is 2. The smallest absolute Gasteiger partial charge is 0.459 e. The van der Waals surface area contributed by atoms with Gasteiger partial charge in [0.25, 0.3) is 0 Å². The number of rotatable bonds is 10. The Morgan fingerprint density at radius 1 is 1.33 bits per heavy atom. The van der Waals surface area contributed by atoms with Crippen LogP contribution in [0.4, 0.5) is 4.39 Å². The molecule has 0 spiro atoms. The lowest BCUT2D eigenvalue weighted by Crippen LogP contribution is -2.44. The number of hydrogen-bond donors (Lipinski definition) is 3. The van der Waals surface area contributed by atoms with Crippen LogP contribution in [-0.2, 0) is 23.4 Å². The van der Waals surface area contributed by atoms with Crippen LogP contribution in [0.1, 0.15) is 33.9 Å². The van der Waals surface area contributed by atoms with Crippen LogP contribution in [0.3, 0.4) is 0 Å². The van der Waals surface area contributed by atoms with Gasteiger partial charge in [0.1, 0.15) is 28.1 Å². The quantitative estimate of drug-likeness (QED) is 0.232. The Labute approximate surface area is 212 Å². The molecule has 0 radical (unpaired) electrons. The number of hydrogen-bond acceptors (Lipinski definition) is 9. The number of halogens is 1. The monoisotopic (exact) mass is 545 g/mol. The van der Waals surface area contributed by atoms with Gasteiger partial charge >= 0.3 is 19.4 Å². The van der Waals surface area contributed by atoms with Crippen LogP contribution in [0.25, 0.3) is 0 Å². The fourth-order valence-electron chi connectivity index (χ4n) is 3.41. The summed E-state index contributed by atoms with van der Waals surface area (Å²) < 4.78 is 51.7. The molecule has 11 nitrogen and oxygen atoms in total. The standard InChI is InChI=1S/C22H29FN3O8PS/c1-13(2)32-20(28)14(3)25-35(30,34-15-8-6-5-7-9-15)31-12-22(4)18(27)17(23)19(33-22)26-11-10-16(36)24-21(26)29/h5-11,13-14,17-19,27H,12H2,1-4H3,(H,25,30)(H,24,29,36)/t14-,17?,18+,19+,22+,35?/m0/s1. The van der Waals surface area contributed by atoms with Crippen molar-refractivity contribution in [3.8, 4) is 5.75 Å². The van der Waals surface area contributed by atoms with E-state index in [0.29, 0.717) is 0 Å². The molecule has 0 aliphatic carbocycles. The molecule has 1 saturated heterocycles. The maximum absolute atomic E-state index is 15.0. The Balaban J connectivity index is 1.81. The van der Waals surface area contributed by atoms with Crippen molar-refractivity contribution in [2.75, 3.05) is 6.61 Å². The molecule has 1 aliphatic heterocycles. The lowest BCUT2D eigenvalue weighted by Gasteiger charge is -2.30. The second-order valence-corrected chi connectivity index (χ2v) is 10.9. The number of benzene rings is 1. The molecule has 2 unspecified atom stereocenters. The molecule has 0 amide bonds. The zero-order chi connectivity index (χ0) is 26.7. The molecule has 2 heterocycles. The average Bonchev–Trinajstić information content (AvgIpc) is 3.02. The maximum atomic E-state index is 15.0. The van der Waals surface area contributed by atoms with E-state index in [1.165, 1.54) is 38.2 Å². The molecule has 1 aliphatic rings. The van der Waals surface area contributed by atoms with Gasteiger partial charge in [-0.05, 0) is 45.9 Å². The van der Waals surface area contributed by atoms with Crippen LogP contribution < -0.4 is 15.3 Å². The topological polar surface area (TPSA) is 141 Å². The summed E-state index contributed by atoms with van der Waals surface area (Å²) in [5.74, 6) is -0.526. The van der Waals surface area contributed by atoms with Gasteiger partial charge in [0.2, 0.25) is 0 Å². The van der Waals surface area contributed by atoms with Crippen molar-refractivity contribution in [3.63, 3.8) is 0 Å². The first-order valence-electron chi connectivity index (χ1n) is 11.1. The lowest BCUT2D eigenvalue weighted by atomic mass is 9.99. The number of aliphatic hydroxyl groups is 1. The van der Waals surface area contributed by atoms with Crippen molar-refractivity contribution >= 4 is 25.9 Å². The number of H-pyrrole nitrogens is 1. The van der Waals surface area contributed by atoms with Crippen LogP contribution in [0.15, 0.2) is 47.4 Å². The maximum Gasteiger partial charge on any atom is 0.459 e. The van der Waals surface area contributed by atoms with Crippen molar-refractivity contribution in [3.05, 3.63) is 57.7 Å². The van der Waals surface area contributed by atoms with Gasteiger partial charge in [-0.1, -0.05) is 30.4 Å². The van der Waals surface area contributed by atoms with Crippen LogP contribution in [0.2, 0.25) is 0 Å². The molecule has 36 heavy (non-hydrogen) atoms. The Bertz CT molecular complexity index is 1230. The summed E-state index contributed by atoms with van der Waals surface area (Å²) in [4.78, 5) is 26.9. The Morgan fingerprint density at radius 3 is 2.61 bits per heavy atom. The first kappa shape index (κ1) is 28.2. The molecule has 14 heteroatoms. The molecular weight excluding hydrogens is 516 g/mol. The Morgan fingerprint density at radius 2 is 2.00 bits per heavy atom. The molecule has 2 aromatic rings. The van der Waals surface area contributed by atoms with E-state index in [9.17, 15) is 19.3 Å². The van der Waals surface area contributed by atoms with Gasteiger partial charge in [0.15, 0.2) is 12.4 Å². The van der Waals surface area contributed by atoms with Gasteiger partial charge in [-0.2, -0.15) is 5.09 Å². The average molecular weight is 546 g/mol. The molecule has 1 fully saturated rings. The third-order valence-electron chi connectivity index (χ3n) is 5.26. The molecular formula is C22H29FN3O8PS. The number of esters is 1. The number of aliphatic hydroxyl groups excluding tert-OH is 1. The van der Waals surface area contributed by atoms with Gasteiger partial charge in [-0.15, -0.1) is 0 Å². The summed E-state index contributed by atoms with van der Waals surface area (Å²) in [5.41, 5.74) is -2.47. The normalized spacial score (nSPS) is 26.4. The molecule has 1 aromatic carbocycles. The van der Waals surface area contributed by atoms with E-state index < -0.39 is 62.3 Å². The predicted octanol–water partition coefficient (Wildman–Crippen LogP) is 3.03. The highest BCUT2D eigenvalue weighted by Crippen LogP contribution is 2.48. The van der Waals surface area contributed by atoms with E-state index in [0.717, 1.165) is 4.57 Å². The molecule has 3 N–H and O–H groups in total. The Hall–Kier alpha value is -2.41. The van der Waals surface area contributed by atoms with Crippen molar-refractivity contribution in [1.82, 2.24) is 14.6 Å². The summed E-state index contributed by atoms with van der Waals surface area (Å²) in [7, 11) is -4.30. The highest BCUT2D eigenvalue weighted by molar-refractivity contribution is 7.71. The first-order chi connectivity index (χ1) is 16.8. The van der Waals surface area contributed by atoms with Gasteiger partial charge in [-0.3, -0.25) is 18.9 Å². The minimum atomic E-state index is -4.30. The van der Waals surface area contributed by atoms with E-state index in [4.69, 9.17) is 30.7 Å². The van der Waals surface area contributed by atoms with Gasteiger partial charge < -0.3 is 19.1 Å². The molecule has 3 rings (SSSR count). The largest absolute Gasteiger partial charge is 0.462 e. The van der Waals surface area contributed by atoms with E-state index >= 15 is 4.39 Å². The van der Waals surface area contributed by atoms with Crippen molar-refractivity contribution in [2.45, 2.75) is 63.9 Å². The molecule has 198 valence electrons. The number of alkyl halides is 1. The Kier molecular flexibility index (Phi) is 8.86.